The highest BCUT2D eigenvalue weighted by atomic mass is 35.5. The van der Waals surface area contributed by atoms with Crippen LogP contribution in [0.2, 0.25) is 10.3 Å². The molecule has 34 heavy (non-hydrogen) atoms. The van der Waals surface area contributed by atoms with Crippen LogP contribution in [0, 0.1) is 0 Å². The Labute approximate surface area is 206 Å². The molecule has 5 rings (SSSR count). The molecule has 0 bridgehead atoms. The fourth-order valence-electron chi connectivity index (χ4n) is 3.46. The summed E-state index contributed by atoms with van der Waals surface area (Å²) >= 11 is 12.3. The highest BCUT2D eigenvalue weighted by molar-refractivity contribution is 6.31. The summed E-state index contributed by atoms with van der Waals surface area (Å²) < 4.78 is 0. The number of anilines is 6. The molecule has 0 unspecified atom stereocenters. The number of nitrogens with one attached hydrogen (secondary N) is 2. The fourth-order valence-corrected chi connectivity index (χ4v) is 3.79. The molecule has 0 aliphatic carbocycles. The van der Waals surface area contributed by atoms with Crippen LogP contribution < -0.4 is 15.5 Å². The summed E-state index contributed by atoms with van der Waals surface area (Å²) in [4.78, 5) is 19.2. The molecular weight excluding hydrogens is 469 g/mol. The van der Waals surface area contributed by atoms with E-state index in [1.165, 1.54) is 0 Å². The van der Waals surface area contributed by atoms with E-state index < -0.39 is 0 Å². The first kappa shape index (κ1) is 21.9. The zero-order valence-corrected chi connectivity index (χ0v) is 19.6. The van der Waals surface area contributed by atoms with Gasteiger partial charge in [-0.2, -0.15) is 15.0 Å². The maximum absolute atomic E-state index is 6.17. The second-order valence-electron chi connectivity index (χ2n) is 7.47. The molecule has 0 fully saturated rings. The van der Waals surface area contributed by atoms with E-state index in [2.05, 4.69) is 30.6 Å². The van der Waals surface area contributed by atoms with Gasteiger partial charge in [0.05, 0.1) is 5.52 Å². The molecule has 2 N–H and O–H groups in total. The number of para-hydroxylation sites is 1. The van der Waals surface area contributed by atoms with Gasteiger partial charge in [-0.05, 0) is 72.3 Å². The number of halogens is 2. The van der Waals surface area contributed by atoms with Crippen LogP contribution in [0.1, 0.15) is 0 Å². The lowest BCUT2D eigenvalue weighted by atomic mass is 10.2. The van der Waals surface area contributed by atoms with Crippen molar-refractivity contribution in [2.24, 2.45) is 0 Å². The second kappa shape index (κ2) is 9.51. The van der Waals surface area contributed by atoms with Crippen molar-refractivity contribution in [3.8, 4) is 0 Å². The molecule has 9 heteroatoms. The Hall–Kier alpha value is -3.94. The summed E-state index contributed by atoms with van der Waals surface area (Å²) in [6, 6.07) is 25.2. The summed E-state index contributed by atoms with van der Waals surface area (Å²) in [6.45, 7) is 0. The van der Waals surface area contributed by atoms with Crippen LogP contribution in [0.5, 0.6) is 0 Å². The summed E-state index contributed by atoms with van der Waals surface area (Å²) in [7, 11) is 1.88. The monoisotopic (exact) mass is 487 g/mol. The van der Waals surface area contributed by atoms with E-state index in [-0.39, 0.29) is 5.28 Å². The molecule has 3 aromatic carbocycles. The van der Waals surface area contributed by atoms with Crippen LogP contribution in [0.4, 0.5) is 34.6 Å². The van der Waals surface area contributed by atoms with Gasteiger partial charge in [-0.25, -0.2) is 0 Å². The lowest BCUT2D eigenvalue weighted by Gasteiger charge is -2.17. The molecule has 0 saturated carbocycles. The van der Waals surface area contributed by atoms with Gasteiger partial charge in [-0.1, -0.05) is 29.8 Å². The summed E-state index contributed by atoms with van der Waals surface area (Å²) in [5, 5.41) is 8.38. The number of fused-ring (bicyclic) bond motifs is 1. The highest BCUT2D eigenvalue weighted by Gasteiger charge is 2.11. The molecule has 2 heterocycles. The standard InChI is InChI=1S/C25H19Cl2N7/c1-34(19-5-3-2-4-6-19)25-32-23(27)31-24(33-25)30-18-10-8-17(9-11-18)29-21-13-14-28-22-15-16(26)7-12-20(21)22/h2-15H,1H3,(H,28,29)(H,30,31,32,33). The summed E-state index contributed by atoms with van der Waals surface area (Å²) in [5.74, 6) is 0.798. The minimum atomic E-state index is 0.109. The summed E-state index contributed by atoms with van der Waals surface area (Å²) in [5.41, 5.74) is 4.45. The van der Waals surface area contributed by atoms with Crippen molar-refractivity contribution < 1.29 is 0 Å². The number of pyridine rings is 1. The first-order chi connectivity index (χ1) is 16.5. The third-order valence-electron chi connectivity index (χ3n) is 5.16. The highest BCUT2D eigenvalue weighted by Crippen LogP contribution is 2.28. The molecule has 0 spiro atoms. The number of hydrogen-bond donors (Lipinski definition) is 2. The number of nitrogens with zero attached hydrogens (tertiary/aromatic N) is 5. The molecule has 0 aliphatic rings. The van der Waals surface area contributed by atoms with Crippen LogP contribution in [-0.2, 0) is 0 Å². The Bertz CT molecular complexity index is 1440. The maximum atomic E-state index is 6.17. The van der Waals surface area contributed by atoms with Gasteiger partial charge in [0, 0.05) is 46.4 Å². The molecule has 5 aromatic rings. The van der Waals surface area contributed by atoms with Crippen LogP contribution in [0.25, 0.3) is 10.9 Å². The van der Waals surface area contributed by atoms with Gasteiger partial charge in [0.25, 0.3) is 0 Å². The third kappa shape index (κ3) is 4.85. The first-order valence-electron chi connectivity index (χ1n) is 10.4. The molecule has 0 atom stereocenters. The molecule has 0 aliphatic heterocycles. The Morgan fingerprint density at radius 2 is 1.50 bits per heavy atom. The largest absolute Gasteiger partial charge is 0.355 e. The van der Waals surface area contributed by atoms with E-state index in [9.17, 15) is 0 Å². The molecule has 0 saturated heterocycles. The van der Waals surface area contributed by atoms with Gasteiger partial charge in [-0.15, -0.1) is 0 Å². The Morgan fingerprint density at radius 1 is 0.765 bits per heavy atom. The number of hydrogen-bond acceptors (Lipinski definition) is 7. The van der Waals surface area contributed by atoms with E-state index >= 15 is 0 Å². The Morgan fingerprint density at radius 3 is 2.26 bits per heavy atom. The molecular formula is C25H19Cl2N7. The average Bonchev–Trinajstić information content (AvgIpc) is 2.85. The van der Waals surface area contributed by atoms with E-state index in [0.717, 1.165) is 33.7 Å². The average molecular weight is 488 g/mol. The normalized spacial score (nSPS) is 10.8. The van der Waals surface area contributed by atoms with Gasteiger partial charge in [0.15, 0.2) is 0 Å². The van der Waals surface area contributed by atoms with Crippen molar-refractivity contribution in [3.05, 3.63) is 95.4 Å². The van der Waals surface area contributed by atoms with E-state index in [4.69, 9.17) is 23.2 Å². The molecule has 2 aromatic heterocycles. The first-order valence-corrected chi connectivity index (χ1v) is 11.2. The van der Waals surface area contributed by atoms with Crippen molar-refractivity contribution in [2.45, 2.75) is 0 Å². The number of rotatable bonds is 6. The number of benzene rings is 3. The van der Waals surface area contributed by atoms with E-state index in [1.807, 2.05) is 90.8 Å². The third-order valence-corrected chi connectivity index (χ3v) is 5.57. The SMILES string of the molecule is CN(c1ccccc1)c1nc(Cl)nc(Nc2ccc(Nc3ccnc4cc(Cl)ccc34)cc2)n1. The van der Waals surface area contributed by atoms with Gasteiger partial charge >= 0.3 is 0 Å². The van der Waals surface area contributed by atoms with Gasteiger partial charge in [0.2, 0.25) is 17.2 Å². The Kier molecular flexibility index (Phi) is 6.12. The van der Waals surface area contributed by atoms with Gasteiger partial charge in [0.1, 0.15) is 0 Å². The van der Waals surface area contributed by atoms with Crippen LogP contribution >= 0.6 is 23.2 Å². The lowest BCUT2D eigenvalue weighted by Crippen LogP contribution is -2.14. The van der Waals surface area contributed by atoms with Crippen molar-refractivity contribution in [1.82, 2.24) is 19.9 Å². The van der Waals surface area contributed by atoms with Crippen LogP contribution in [-0.4, -0.2) is 27.0 Å². The lowest BCUT2D eigenvalue weighted by molar-refractivity contribution is 0.991. The second-order valence-corrected chi connectivity index (χ2v) is 8.24. The van der Waals surface area contributed by atoms with Gasteiger partial charge in [-0.3, -0.25) is 4.98 Å². The predicted molar refractivity (Wildman–Crippen MR) is 139 cm³/mol. The zero-order valence-electron chi connectivity index (χ0n) is 18.1. The van der Waals surface area contributed by atoms with Crippen LogP contribution in [0.3, 0.4) is 0 Å². The Balaban J connectivity index is 1.34. The smallest absolute Gasteiger partial charge is 0.235 e. The fraction of sp³-hybridized carbons (Fsp3) is 0.0400. The topological polar surface area (TPSA) is 78.9 Å². The minimum Gasteiger partial charge on any atom is -0.355 e. The summed E-state index contributed by atoms with van der Waals surface area (Å²) in [6.07, 6.45) is 1.76. The molecule has 0 amide bonds. The van der Waals surface area contributed by atoms with Crippen molar-refractivity contribution >= 4 is 68.8 Å². The zero-order chi connectivity index (χ0) is 23.5. The molecule has 0 radical (unpaired) electrons. The van der Waals surface area contributed by atoms with Crippen molar-refractivity contribution in [2.75, 3.05) is 22.6 Å². The minimum absolute atomic E-state index is 0.109. The van der Waals surface area contributed by atoms with Crippen LogP contribution in [0.15, 0.2) is 85.1 Å². The quantitative estimate of drug-likeness (QED) is 0.267. The maximum Gasteiger partial charge on any atom is 0.235 e. The predicted octanol–water partition coefficient (Wildman–Crippen LogP) is 6.98. The van der Waals surface area contributed by atoms with Gasteiger partial charge < -0.3 is 15.5 Å². The van der Waals surface area contributed by atoms with E-state index in [1.54, 1.807) is 6.20 Å². The number of aromatic nitrogens is 4. The molecule has 7 nitrogen and oxygen atoms in total. The van der Waals surface area contributed by atoms with Crippen molar-refractivity contribution in [1.29, 1.82) is 0 Å². The van der Waals surface area contributed by atoms with E-state index in [0.29, 0.717) is 16.9 Å². The molecule has 168 valence electrons. The van der Waals surface area contributed by atoms with Crippen molar-refractivity contribution in [3.63, 3.8) is 0 Å².